The number of aryl methyl sites for hydroxylation is 1. The topological polar surface area (TPSA) is 41.6 Å². The SMILES string of the molecule is CCc1ccnc([C@H](C)c2cnc[nH]2)c1. The van der Waals surface area contributed by atoms with Crippen molar-refractivity contribution in [3.05, 3.63) is 47.8 Å². The van der Waals surface area contributed by atoms with Gasteiger partial charge in [-0.1, -0.05) is 13.8 Å². The molecular weight excluding hydrogens is 186 g/mol. The number of pyridine rings is 1. The van der Waals surface area contributed by atoms with Gasteiger partial charge in [0, 0.05) is 29.7 Å². The van der Waals surface area contributed by atoms with E-state index in [1.54, 1.807) is 6.33 Å². The van der Waals surface area contributed by atoms with Gasteiger partial charge in [-0.3, -0.25) is 4.98 Å². The highest BCUT2D eigenvalue weighted by Gasteiger charge is 2.10. The van der Waals surface area contributed by atoms with E-state index in [1.165, 1.54) is 5.56 Å². The van der Waals surface area contributed by atoms with Crippen molar-refractivity contribution in [2.45, 2.75) is 26.2 Å². The molecule has 0 aromatic carbocycles. The van der Waals surface area contributed by atoms with Crippen LogP contribution in [0.5, 0.6) is 0 Å². The Balaban J connectivity index is 2.29. The monoisotopic (exact) mass is 201 g/mol. The zero-order valence-electron chi connectivity index (χ0n) is 9.07. The number of H-pyrrole nitrogens is 1. The fourth-order valence-electron chi connectivity index (χ4n) is 1.61. The third kappa shape index (κ3) is 2.06. The first-order chi connectivity index (χ1) is 7.31. The van der Waals surface area contributed by atoms with Gasteiger partial charge >= 0.3 is 0 Å². The van der Waals surface area contributed by atoms with Crippen LogP contribution in [0.4, 0.5) is 0 Å². The zero-order valence-corrected chi connectivity index (χ0v) is 9.07. The maximum Gasteiger partial charge on any atom is 0.0921 e. The molecule has 0 saturated heterocycles. The van der Waals surface area contributed by atoms with Gasteiger partial charge in [0.15, 0.2) is 0 Å². The summed E-state index contributed by atoms with van der Waals surface area (Å²) >= 11 is 0. The molecule has 0 unspecified atom stereocenters. The van der Waals surface area contributed by atoms with Crippen LogP contribution in [0.25, 0.3) is 0 Å². The van der Waals surface area contributed by atoms with Crippen molar-refractivity contribution >= 4 is 0 Å². The van der Waals surface area contributed by atoms with Gasteiger partial charge in [0.1, 0.15) is 0 Å². The number of nitrogens with zero attached hydrogens (tertiary/aromatic N) is 2. The lowest BCUT2D eigenvalue weighted by Gasteiger charge is -2.09. The summed E-state index contributed by atoms with van der Waals surface area (Å²) in [6.07, 6.45) is 6.48. The Bertz CT molecular complexity index is 420. The minimum Gasteiger partial charge on any atom is -0.348 e. The predicted octanol–water partition coefficient (Wildman–Crippen LogP) is 2.52. The molecule has 0 amide bonds. The first-order valence-electron chi connectivity index (χ1n) is 5.24. The number of aromatic nitrogens is 3. The predicted molar refractivity (Wildman–Crippen MR) is 59.7 cm³/mol. The van der Waals surface area contributed by atoms with Crippen LogP contribution >= 0.6 is 0 Å². The summed E-state index contributed by atoms with van der Waals surface area (Å²) in [5, 5.41) is 0. The molecule has 0 aliphatic heterocycles. The second-order valence-electron chi connectivity index (χ2n) is 3.67. The lowest BCUT2D eigenvalue weighted by molar-refractivity contribution is 0.836. The summed E-state index contributed by atoms with van der Waals surface area (Å²) in [5.41, 5.74) is 3.53. The average molecular weight is 201 g/mol. The lowest BCUT2D eigenvalue weighted by atomic mass is 10.0. The lowest BCUT2D eigenvalue weighted by Crippen LogP contribution is -2.00. The summed E-state index contributed by atoms with van der Waals surface area (Å²) in [5.74, 6) is 0.277. The highest BCUT2D eigenvalue weighted by atomic mass is 14.9. The first kappa shape index (κ1) is 9.90. The molecule has 3 heteroatoms. The van der Waals surface area contributed by atoms with Gasteiger partial charge in [0.05, 0.1) is 6.33 Å². The number of nitrogens with one attached hydrogen (secondary N) is 1. The third-order valence-electron chi connectivity index (χ3n) is 2.68. The Morgan fingerprint density at radius 3 is 3.00 bits per heavy atom. The fourth-order valence-corrected chi connectivity index (χ4v) is 1.61. The van der Waals surface area contributed by atoms with Crippen LogP contribution in [0.15, 0.2) is 30.9 Å². The van der Waals surface area contributed by atoms with E-state index in [-0.39, 0.29) is 5.92 Å². The van der Waals surface area contributed by atoms with E-state index in [2.05, 4.69) is 40.9 Å². The van der Waals surface area contributed by atoms with E-state index >= 15 is 0 Å². The highest BCUT2D eigenvalue weighted by Crippen LogP contribution is 2.20. The largest absolute Gasteiger partial charge is 0.348 e. The van der Waals surface area contributed by atoms with Crippen molar-refractivity contribution < 1.29 is 0 Å². The van der Waals surface area contributed by atoms with Gasteiger partial charge in [0.2, 0.25) is 0 Å². The van der Waals surface area contributed by atoms with Crippen molar-refractivity contribution in [3.8, 4) is 0 Å². The standard InChI is InChI=1S/C12H15N3/c1-3-10-4-5-14-11(6-10)9(2)12-7-13-8-15-12/h4-9H,3H2,1-2H3,(H,13,15)/t9-/m0/s1. The molecule has 0 spiro atoms. The number of hydrogen-bond donors (Lipinski definition) is 1. The van der Waals surface area contributed by atoms with E-state index in [4.69, 9.17) is 0 Å². The van der Waals surface area contributed by atoms with Crippen LogP contribution in [0.3, 0.4) is 0 Å². The molecule has 0 aliphatic carbocycles. The van der Waals surface area contributed by atoms with Crippen molar-refractivity contribution in [2.75, 3.05) is 0 Å². The Morgan fingerprint density at radius 2 is 2.33 bits per heavy atom. The molecule has 2 rings (SSSR count). The van der Waals surface area contributed by atoms with Gasteiger partial charge in [-0.25, -0.2) is 4.98 Å². The smallest absolute Gasteiger partial charge is 0.0921 e. The van der Waals surface area contributed by atoms with Crippen LogP contribution in [0, 0.1) is 0 Å². The van der Waals surface area contributed by atoms with Gasteiger partial charge in [-0.2, -0.15) is 0 Å². The van der Waals surface area contributed by atoms with E-state index < -0.39 is 0 Å². The summed E-state index contributed by atoms with van der Waals surface area (Å²) in [6, 6.07) is 4.22. The van der Waals surface area contributed by atoms with Crippen LogP contribution in [0.2, 0.25) is 0 Å². The van der Waals surface area contributed by atoms with Gasteiger partial charge in [-0.05, 0) is 24.1 Å². The number of hydrogen-bond acceptors (Lipinski definition) is 2. The second-order valence-corrected chi connectivity index (χ2v) is 3.67. The number of imidazole rings is 1. The minimum atomic E-state index is 0.277. The third-order valence-corrected chi connectivity index (χ3v) is 2.68. The fraction of sp³-hybridized carbons (Fsp3) is 0.333. The summed E-state index contributed by atoms with van der Waals surface area (Å²) < 4.78 is 0. The molecule has 2 heterocycles. The normalized spacial score (nSPS) is 12.7. The quantitative estimate of drug-likeness (QED) is 0.829. The van der Waals surface area contributed by atoms with Crippen molar-refractivity contribution in [3.63, 3.8) is 0 Å². The highest BCUT2D eigenvalue weighted by molar-refractivity contribution is 5.24. The molecule has 0 aliphatic rings. The van der Waals surface area contributed by atoms with Crippen LogP contribution in [0.1, 0.15) is 36.7 Å². The molecular formula is C12H15N3. The van der Waals surface area contributed by atoms with E-state index in [0.717, 1.165) is 17.8 Å². The summed E-state index contributed by atoms with van der Waals surface area (Å²) in [4.78, 5) is 11.5. The Labute approximate surface area is 89.6 Å². The Hall–Kier alpha value is -1.64. The van der Waals surface area contributed by atoms with Gasteiger partial charge in [0.25, 0.3) is 0 Å². The first-order valence-corrected chi connectivity index (χ1v) is 5.24. The molecule has 0 fully saturated rings. The van der Waals surface area contributed by atoms with Crippen molar-refractivity contribution in [1.82, 2.24) is 15.0 Å². The molecule has 3 nitrogen and oxygen atoms in total. The van der Waals surface area contributed by atoms with Crippen molar-refractivity contribution in [2.24, 2.45) is 0 Å². The van der Waals surface area contributed by atoms with E-state index in [0.29, 0.717) is 0 Å². The Morgan fingerprint density at radius 1 is 1.47 bits per heavy atom. The molecule has 15 heavy (non-hydrogen) atoms. The van der Waals surface area contributed by atoms with Crippen LogP contribution in [-0.4, -0.2) is 15.0 Å². The molecule has 0 radical (unpaired) electrons. The van der Waals surface area contributed by atoms with Crippen LogP contribution in [-0.2, 0) is 6.42 Å². The second kappa shape index (κ2) is 4.26. The number of rotatable bonds is 3. The summed E-state index contributed by atoms with van der Waals surface area (Å²) in [6.45, 7) is 4.29. The van der Waals surface area contributed by atoms with Gasteiger partial charge < -0.3 is 4.98 Å². The molecule has 2 aromatic rings. The number of aromatic amines is 1. The molecule has 1 N–H and O–H groups in total. The maximum atomic E-state index is 4.40. The van der Waals surface area contributed by atoms with E-state index in [1.807, 2.05) is 12.4 Å². The molecule has 78 valence electrons. The zero-order chi connectivity index (χ0) is 10.7. The molecule has 0 bridgehead atoms. The Kier molecular flexibility index (Phi) is 2.81. The van der Waals surface area contributed by atoms with Gasteiger partial charge in [-0.15, -0.1) is 0 Å². The maximum absolute atomic E-state index is 4.40. The average Bonchev–Trinajstić information content (AvgIpc) is 2.81. The summed E-state index contributed by atoms with van der Waals surface area (Å²) in [7, 11) is 0. The van der Waals surface area contributed by atoms with Crippen LogP contribution < -0.4 is 0 Å². The van der Waals surface area contributed by atoms with Crippen molar-refractivity contribution in [1.29, 1.82) is 0 Å². The van der Waals surface area contributed by atoms with E-state index in [9.17, 15) is 0 Å². The minimum absolute atomic E-state index is 0.277. The molecule has 2 aromatic heterocycles. The molecule has 0 saturated carbocycles. The molecule has 1 atom stereocenters.